The normalized spacial score (nSPS) is 13.7. The molecular weight excluding hydrogens is 376 g/mol. The maximum Gasteiger partial charge on any atom is 0.321 e. The molecule has 1 fully saturated rings. The Hall–Kier alpha value is -3.49. The van der Waals surface area contributed by atoms with Crippen LogP contribution in [0.15, 0.2) is 42.5 Å². The largest absolute Gasteiger partial charge is 0.493 e. The van der Waals surface area contributed by atoms with Crippen LogP contribution >= 0.6 is 0 Å². The van der Waals surface area contributed by atoms with Gasteiger partial charge in [-0.2, -0.15) is 0 Å². The van der Waals surface area contributed by atoms with Gasteiger partial charge in [0.1, 0.15) is 0 Å². The van der Waals surface area contributed by atoms with Crippen LogP contribution < -0.4 is 19.7 Å². The first-order valence-corrected chi connectivity index (χ1v) is 9.38. The van der Waals surface area contributed by atoms with E-state index in [1.807, 2.05) is 6.92 Å². The number of nitrogens with zero attached hydrogens (tertiary/aromatic N) is 3. The van der Waals surface area contributed by atoms with Crippen LogP contribution in [-0.4, -0.2) is 55.8 Å². The number of non-ortho nitro benzene ring substituents is 1. The second-order valence-electron chi connectivity index (χ2n) is 6.48. The number of benzene rings is 2. The molecule has 0 aromatic heterocycles. The van der Waals surface area contributed by atoms with Gasteiger partial charge in [0.25, 0.3) is 5.69 Å². The molecule has 1 saturated heterocycles. The summed E-state index contributed by atoms with van der Waals surface area (Å²) in [6.07, 6.45) is 0. The van der Waals surface area contributed by atoms with E-state index >= 15 is 0 Å². The third kappa shape index (κ3) is 4.87. The third-order valence-electron chi connectivity index (χ3n) is 4.71. The molecule has 0 radical (unpaired) electrons. The quantitative estimate of drug-likeness (QED) is 0.590. The highest BCUT2D eigenvalue weighted by Gasteiger charge is 2.22. The van der Waals surface area contributed by atoms with Crippen LogP contribution in [0.5, 0.6) is 11.5 Å². The van der Waals surface area contributed by atoms with E-state index in [-0.39, 0.29) is 11.7 Å². The molecule has 0 saturated carbocycles. The number of anilines is 2. The second kappa shape index (κ2) is 9.13. The molecule has 1 aliphatic heterocycles. The van der Waals surface area contributed by atoms with E-state index in [4.69, 9.17) is 9.47 Å². The number of amides is 2. The summed E-state index contributed by atoms with van der Waals surface area (Å²) in [5.74, 6) is 1.19. The Bertz CT molecular complexity index is 864. The molecule has 3 rings (SSSR count). The fourth-order valence-electron chi connectivity index (χ4n) is 3.18. The summed E-state index contributed by atoms with van der Waals surface area (Å²) in [6.45, 7) is 4.79. The van der Waals surface area contributed by atoms with Crippen molar-refractivity contribution in [3.8, 4) is 11.5 Å². The lowest BCUT2D eigenvalue weighted by molar-refractivity contribution is -0.384. The van der Waals surface area contributed by atoms with E-state index in [0.29, 0.717) is 50.0 Å². The molecular formula is C20H24N4O5. The van der Waals surface area contributed by atoms with Crippen molar-refractivity contribution >= 4 is 23.1 Å². The molecule has 0 unspecified atom stereocenters. The highest BCUT2D eigenvalue weighted by Crippen LogP contribution is 2.30. The molecule has 1 aliphatic rings. The van der Waals surface area contributed by atoms with Gasteiger partial charge in [-0.1, -0.05) is 0 Å². The molecule has 0 aliphatic carbocycles. The standard InChI is InChI=1S/C20H24N4O5/c1-3-29-19-14-15(4-9-18(19)28-2)21-20(25)23-12-10-22(11-13-23)16-5-7-17(8-6-16)24(26)27/h4-9,14H,3,10-13H2,1-2H3,(H,21,25). The van der Waals surface area contributed by atoms with Crippen LogP contribution in [-0.2, 0) is 0 Å². The molecule has 9 nitrogen and oxygen atoms in total. The van der Waals surface area contributed by atoms with Crippen molar-refractivity contribution in [1.82, 2.24) is 4.90 Å². The van der Waals surface area contributed by atoms with E-state index < -0.39 is 4.92 Å². The number of nitro benzene ring substituents is 1. The molecule has 2 amide bonds. The summed E-state index contributed by atoms with van der Waals surface area (Å²) in [7, 11) is 1.57. The van der Waals surface area contributed by atoms with Crippen LogP contribution in [0.3, 0.4) is 0 Å². The lowest BCUT2D eigenvalue weighted by Crippen LogP contribution is -2.50. The summed E-state index contributed by atoms with van der Waals surface area (Å²) >= 11 is 0. The Morgan fingerprint density at radius 2 is 1.79 bits per heavy atom. The minimum atomic E-state index is -0.414. The summed E-state index contributed by atoms with van der Waals surface area (Å²) in [5, 5.41) is 13.7. The number of carbonyl (C=O) groups is 1. The zero-order valence-electron chi connectivity index (χ0n) is 16.5. The van der Waals surface area contributed by atoms with E-state index in [0.717, 1.165) is 5.69 Å². The van der Waals surface area contributed by atoms with Gasteiger partial charge in [0.05, 0.1) is 18.6 Å². The second-order valence-corrected chi connectivity index (χ2v) is 6.48. The number of nitrogens with one attached hydrogen (secondary N) is 1. The van der Waals surface area contributed by atoms with Gasteiger partial charge >= 0.3 is 6.03 Å². The number of nitro groups is 1. The van der Waals surface area contributed by atoms with Gasteiger partial charge < -0.3 is 24.6 Å². The molecule has 29 heavy (non-hydrogen) atoms. The molecule has 1 N–H and O–H groups in total. The SMILES string of the molecule is CCOc1cc(NC(=O)N2CCN(c3ccc([N+](=O)[O-])cc3)CC2)ccc1OC. The first kappa shape index (κ1) is 20.2. The van der Waals surface area contributed by atoms with Crippen LogP contribution in [0.2, 0.25) is 0 Å². The van der Waals surface area contributed by atoms with Gasteiger partial charge in [0.15, 0.2) is 11.5 Å². The van der Waals surface area contributed by atoms with Crippen LogP contribution in [0.1, 0.15) is 6.92 Å². The molecule has 9 heteroatoms. The third-order valence-corrected chi connectivity index (χ3v) is 4.71. The van der Waals surface area contributed by atoms with Crippen LogP contribution in [0, 0.1) is 10.1 Å². The van der Waals surface area contributed by atoms with Gasteiger partial charge in [-0.15, -0.1) is 0 Å². The molecule has 2 aromatic rings. The highest BCUT2D eigenvalue weighted by molar-refractivity contribution is 5.90. The number of methoxy groups -OCH3 is 1. The Morgan fingerprint density at radius 1 is 1.10 bits per heavy atom. The number of hydrogen-bond donors (Lipinski definition) is 1. The molecule has 2 aromatic carbocycles. The van der Waals surface area contributed by atoms with Crippen molar-refractivity contribution in [1.29, 1.82) is 0 Å². The monoisotopic (exact) mass is 400 g/mol. The average molecular weight is 400 g/mol. The highest BCUT2D eigenvalue weighted by atomic mass is 16.6. The van der Waals surface area contributed by atoms with E-state index in [1.165, 1.54) is 12.1 Å². The van der Waals surface area contributed by atoms with Crippen LogP contribution in [0.25, 0.3) is 0 Å². The molecule has 0 atom stereocenters. The van der Waals surface area contributed by atoms with Gasteiger partial charge in [0, 0.05) is 55.8 Å². The Labute approximate surface area is 169 Å². The summed E-state index contributed by atoms with van der Waals surface area (Å²) in [4.78, 5) is 26.8. The molecule has 0 spiro atoms. The Balaban J connectivity index is 1.57. The summed E-state index contributed by atoms with van der Waals surface area (Å²) < 4.78 is 10.8. The maximum absolute atomic E-state index is 12.6. The van der Waals surface area contributed by atoms with Gasteiger partial charge in [-0.3, -0.25) is 10.1 Å². The van der Waals surface area contributed by atoms with Crippen molar-refractivity contribution in [2.45, 2.75) is 6.92 Å². The van der Waals surface area contributed by atoms with Crippen molar-refractivity contribution in [2.75, 3.05) is 50.1 Å². The Morgan fingerprint density at radius 3 is 2.38 bits per heavy atom. The topological polar surface area (TPSA) is 97.2 Å². The smallest absolute Gasteiger partial charge is 0.321 e. The van der Waals surface area contributed by atoms with E-state index in [1.54, 1.807) is 42.3 Å². The fraction of sp³-hybridized carbons (Fsp3) is 0.350. The number of piperazine rings is 1. The fourth-order valence-corrected chi connectivity index (χ4v) is 3.18. The van der Waals surface area contributed by atoms with Gasteiger partial charge in [0.2, 0.25) is 0 Å². The average Bonchev–Trinajstić information content (AvgIpc) is 2.74. The van der Waals surface area contributed by atoms with E-state index in [9.17, 15) is 14.9 Å². The van der Waals surface area contributed by atoms with Gasteiger partial charge in [-0.25, -0.2) is 4.79 Å². The molecule has 1 heterocycles. The van der Waals surface area contributed by atoms with Crippen LogP contribution in [0.4, 0.5) is 21.9 Å². The first-order chi connectivity index (χ1) is 14.0. The zero-order chi connectivity index (χ0) is 20.8. The molecule has 0 bridgehead atoms. The number of rotatable bonds is 6. The Kier molecular flexibility index (Phi) is 6.38. The summed E-state index contributed by atoms with van der Waals surface area (Å²) in [6, 6.07) is 11.6. The molecule has 154 valence electrons. The summed E-state index contributed by atoms with van der Waals surface area (Å²) in [5.41, 5.74) is 1.61. The maximum atomic E-state index is 12.6. The van der Waals surface area contributed by atoms with Crippen molar-refractivity contribution < 1.29 is 19.2 Å². The van der Waals surface area contributed by atoms with Crippen molar-refractivity contribution in [2.24, 2.45) is 0 Å². The lowest BCUT2D eigenvalue weighted by Gasteiger charge is -2.36. The zero-order valence-corrected chi connectivity index (χ0v) is 16.5. The van der Waals surface area contributed by atoms with Crippen molar-refractivity contribution in [3.05, 3.63) is 52.6 Å². The predicted octanol–water partition coefficient (Wildman–Crippen LogP) is 3.36. The number of hydrogen-bond acceptors (Lipinski definition) is 6. The number of carbonyl (C=O) groups excluding carboxylic acids is 1. The van der Waals surface area contributed by atoms with Gasteiger partial charge in [-0.05, 0) is 31.2 Å². The minimum Gasteiger partial charge on any atom is -0.493 e. The first-order valence-electron chi connectivity index (χ1n) is 9.38. The number of urea groups is 1. The lowest BCUT2D eigenvalue weighted by atomic mass is 10.2. The van der Waals surface area contributed by atoms with E-state index in [2.05, 4.69) is 10.2 Å². The van der Waals surface area contributed by atoms with Crippen molar-refractivity contribution in [3.63, 3.8) is 0 Å². The predicted molar refractivity (Wildman–Crippen MR) is 110 cm³/mol. The minimum absolute atomic E-state index is 0.0673. The number of ether oxygens (including phenoxy) is 2.